The van der Waals surface area contributed by atoms with E-state index < -0.39 is 0 Å². The molecule has 0 atom stereocenters. The molecule has 0 saturated heterocycles. The van der Waals surface area contributed by atoms with Gasteiger partial charge in [0.05, 0.1) is 27.6 Å². The van der Waals surface area contributed by atoms with Crippen LogP contribution in [0, 0.1) is 0 Å². The summed E-state index contributed by atoms with van der Waals surface area (Å²) in [6.45, 7) is 4.75. The molecule has 0 unspecified atom stereocenters. The number of imidazole rings is 1. The van der Waals surface area contributed by atoms with Gasteiger partial charge in [-0.3, -0.25) is 4.40 Å². The summed E-state index contributed by atoms with van der Waals surface area (Å²) >= 11 is 0. The predicted octanol–water partition coefficient (Wildman–Crippen LogP) is 11.4. The molecule has 1 aliphatic carbocycles. The van der Waals surface area contributed by atoms with E-state index in [2.05, 4.69) is 162 Å². The molecule has 1 aliphatic rings. The van der Waals surface area contributed by atoms with Gasteiger partial charge in [0.2, 0.25) is 0 Å². The summed E-state index contributed by atoms with van der Waals surface area (Å²) in [4.78, 5) is 5.16. The molecule has 11 rings (SSSR count). The molecule has 3 heteroatoms. The Morgan fingerprint density at radius 2 is 1.23 bits per heavy atom. The summed E-state index contributed by atoms with van der Waals surface area (Å²) < 4.78 is 4.88. The third-order valence-electron chi connectivity index (χ3n) is 10.8. The summed E-state index contributed by atoms with van der Waals surface area (Å²) in [5.41, 5.74) is 13.2. The quantitative estimate of drug-likeness (QED) is 0.172. The zero-order valence-electron chi connectivity index (χ0n) is 26.1. The Balaban J connectivity index is 1.36. The maximum Gasteiger partial charge on any atom is 0.146 e. The topological polar surface area (TPSA) is 22.2 Å². The largest absolute Gasteiger partial charge is 0.309 e. The van der Waals surface area contributed by atoms with Crippen LogP contribution in [0.5, 0.6) is 0 Å². The van der Waals surface area contributed by atoms with Gasteiger partial charge >= 0.3 is 0 Å². The Kier molecular flexibility index (Phi) is 4.66. The molecule has 0 fully saturated rings. The van der Waals surface area contributed by atoms with E-state index in [4.69, 9.17) is 4.98 Å². The molecule has 0 amide bonds. The van der Waals surface area contributed by atoms with E-state index >= 15 is 0 Å². The molecule has 10 aromatic rings. The lowest BCUT2D eigenvalue weighted by Crippen LogP contribution is -2.23. The van der Waals surface area contributed by atoms with Crippen LogP contribution in [0.3, 0.4) is 0 Å². The smallest absolute Gasteiger partial charge is 0.146 e. The van der Waals surface area contributed by atoms with E-state index in [-0.39, 0.29) is 5.41 Å². The first-order valence-corrected chi connectivity index (χ1v) is 16.4. The third-order valence-corrected chi connectivity index (χ3v) is 10.8. The van der Waals surface area contributed by atoms with Crippen LogP contribution in [0.1, 0.15) is 25.0 Å². The van der Waals surface area contributed by atoms with Crippen LogP contribution in [-0.2, 0) is 5.41 Å². The van der Waals surface area contributed by atoms with Crippen molar-refractivity contribution >= 4 is 70.9 Å². The molecule has 3 aromatic heterocycles. The monoisotopic (exact) mass is 599 g/mol. The molecular formula is C44H29N3. The molecular weight excluding hydrogens is 571 g/mol. The van der Waals surface area contributed by atoms with Crippen LogP contribution in [-0.4, -0.2) is 14.0 Å². The summed E-state index contributed by atoms with van der Waals surface area (Å²) in [5.74, 6) is 0. The van der Waals surface area contributed by atoms with Crippen molar-refractivity contribution in [2.75, 3.05) is 0 Å². The molecule has 3 nitrogen and oxygen atoms in total. The van der Waals surface area contributed by atoms with Gasteiger partial charge in [-0.2, -0.15) is 0 Å². The standard InChI is InChI=1S/C44H29N3/c1-44(2)34-17-7-5-16-32(34)41-40-26(12-11-18-35(40)44)24-33-29-14-6-9-20-37(29)46(42(33)41)27-22-23-30-28-13-3-4-15-31(28)43-45-36-19-8-10-21-38(36)47(43)39(30)25-27/h3-25H,1-2H3. The average Bonchev–Trinajstić information content (AvgIpc) is 3.67. The summed E-state index contributed by atoms with van der Waals surface area (Å²) in [7, 11) is 0. The predicted molar refractivity (Wildman–Crippen MR) is 197 cm³/mol. The number of nitrogens with zero attached hydrogens (tertiary/aromatic N) is 3. The number of pyridine rings is 1. The Labute approximate surface area is 270 Å². The lowest BCUT2D eigenvalue weighted by molar-refractivity contribution is 0.645. The fourth-order valence-electron chi connectivity index (χ4n) is 8.78. The average molecular weight is 600 g/mol. The fraction of sp³-hybridized carbons (Fsp3) is 0.0682. The molecule has 0 saturated carbocycles. The number of benzene rings is 7. The van der Waals surface area contributed by atoms with E-state index in [1.165, 1.54) is 71.0 Å². The normalized spacial score (nSPS) is 13.9. The first-order valence-electron chi connectivity index (χ1n) is 16.4. The van der Waals surface area contributed by atoms with Gasteiger partial charge in [-0.25, -0.2) is 4.98 Å². The number of hydrogen-bond acceptors (Lipinski definition) is 1. The van der Waals surface area contributed by atoms with E-state index in [0.717, 1.165) is 27.9 Å². The third kappa shape index (κ3) is 3.09. The van der Waals surface area contributed by atoms with Gasteiger partial charge in [0.25, 0.3) is 0 Å². The number of rotatable bonds is 1. The maximum absolute atomic E-state index is 5.16. The first-order chi connectivity index (χ1) is 23.1. The van der Waals surface area contributed by atoms with Gasteiger partial charge in [0, 0.05) is 38.2 Å². The van der Waals surface area contributed by atoms with Crippen LogP contribution in [0.15, 0.2) is 140 Å². The van der Waals surface area contributed by atoms with Gasteiger partial charge in [0.1, 0.15) is 5.65 Å². The number of para-hydroxylation sites is 3. The van der Waals surface area contributed by atoms with Crippen molar-refractivity contribution < 1.29 is 0 Å². The van der Waals surface area contributed by atoms with E-state index in [1.54, 1.807) is 0 Å². The molecule has 7 aromatic carbocycles. The Morgan fingerprint density at radius 3 is 2.13 bits per heavy atom. The van der Waals surface area contributed by atoms with Crippen LogP contribution < -0.4 is 0 Å². The molecule has 0 spiro atoms. The minimum absolute atomic E-state index is 0.105. The molecule has 0 N–H and O–H groups in total. The molecule has 0 radical (unpaired) electrons. The highest BCUT2D eigenvalue weighted by atomic mass is 15.0. The SMILES string of the molecule is CC1(C)c2ccccc2-c2c3c1cccc3cc1c3ccccc3n(-c3ccc4c5ccccc5c5nc6ccccc6n5c4c3)c21. The Bertz CT molecular complexity index is 2990. The number of fused-ring (bicyclic) bond motifs is 14. The minimum atomic E-state index is -0.105. The van der Waals surface area contributed by atoms with Crippen molar-refractivity contribution in [1.82, 2.24) is 14.0 Å². The van der Waals surface area contributed by atoms with Gasteiger partial charge in [-0.1, -0.05) is 117 Å². The van der Waals surface area contributed by atoms with Crippen LogP contribution in [0.4, 0.5) is 0 Å². The van der Waals surface area contributed by atoms with Gasteiger partial charge in [-0.15, -0.1) is 0 Å². The lowest BCUT2D eigenvalue weighted by Gasteiger charge is -2.35. The molecule has 220 valence electrons. The molecule has 0 bridgehead atoms. The highest BCUT2D eigenvalue weighted by Crippen LogP contribution is 2.52. The fourth-order valence-corrected chi connectivity index (χ4v) is 8.78. The van der Waals surface area contributed by atoms with Crippen LogP contribution >= 0.6 is 0 Å². The lowest BCUT2D eigenvalue weighted by atomic mass is 9.68. The van der Waals surface area contributed by atoms with E-state index in [9.17, 15) is 0 Å². The highest BCUT2D eigenvalue weighted by molar-refractivity contribution is 6.23. The highest BCUT2D eigenvalue weighted by Gasteiger charge is 2.35. The van der Waals surface area contributed by atoms with Crippen LogP contribution in [0.2, 0.25) is 0 Å². The Morgan fingerprint density at radius 1 is 0.532 bits per heavy atom. The second-order valence-corrected chi connectivity index (χ2v) is 13.6. The summed E-state index contributed by atoms with van der Waals surface area (Å²) in [5, 5.41) is 8.83. The molecule has 0 aliphatic heterocycles. The van der Waals surface area contributed by atoms with Crippen molar-refractivity contribution in [3.05, 3.63) is 151 Å². The second kappa shape index (κ2) is 8.65. The van der Waals surface area contributed by atoms with Crippen molar-refractivity contribution in [3.63, 3.8) is 0 Å². The van der Waals surface area contributed by atoms with E-state index in [1.807, 2.05) is 0 Å². The second-order valence-electron chi connectivity index (χ2n) is 13.6. The zero-order valence-corrected chi connectivity index (χ0v) is 26.1. The van der Waals surface area contributed by atoms with Crippen molar-refractivity contribution in [2.24, 2.45) is 0 Å². The molecule has 3 heterocycles. The molecule has 47 heavy (non-hydrogen) atoms. The number of aromatic nitrogens is 3. The summed E-state index contributed by atoms with van der Waals surface area (Å²) in [6.07, 6.45) is 0. The van der Waals surface area contributed by atoms with Crippen LogP contribution in [0.25, 0.3) is 87.7 Å². The van der Waals surface area contributed by atoms with Gasteiger partial charge in [0.15, 0.2) is 0 Å². The minimum Gasteiger partial charge on any atom is -0.309 e. The van der Waals surface area contributed by atoms with Crippen molar-refractivity contribution in [3.8, 4) is 16.8 Å². The van der Waals surface area contributed by atoms with Crippen molar-refractivity contribution in [1.29, 1.82) is 0 Å². The van der Waals surface area contributed by atoms with E-state index in [0.29, 0.717) is 0 Å². The zero-order chi connectivity index (χ0) is 31.0. The first kappa shape index (κ1) is 25.3. The maximum atomic E-state index is 5.16. The van der Waals surface area contributed by atoms with Gasteiger partial charge in [-0.05, 0) is 69.2 Å². The Hall–Kier alpha value is -5.93. The summed E-state index contributed by atoms with van der Waals surface area (Å²) in [6, 6.07) is 51.4. The van der Waals surface area contributed by atoms with Gasteiger partial charge < -0.3 is 4.57 Å². The van der Waals surface area contributed by atoms with Crippen molar-refractivity contribution in [2.45, 2.75) is 19.3 Å². The number of hydrogen-bond donors (Lipinski definition) is 0.